The summed E-state index contributed by atoms with van der Waals surface area (Å²) in [6.07, 6.45) is 62.3. The van der Waals surface area contributed by atoms with Gasteiger partial charge in [-0.3, -0.25) is 18.6 Å². The van der Waals surface area contributed by atoms with Gasteiger partial charge in [0.25, 0.3) is 0 Å². The van der Waals surface area contributed by atoms with E-state index >= 15 is 0 Å². The number of carbonyl (C=O) groups excluding carboxylic acids is 2. The number of rotatable bonds is 41. The zero-order valence-corrected chi connectivity index (χ0v) is 38.7. The van der Waals surface area contributed by atoms with Crippen LogP contribution >= 0.6 is 7.82 Å². The number of carbonyl (C=O) groups is 2. The van der Waals surface area contributed by atoms with Crippen LogP contribution < -0.4 is 5.73 Å². The third-order valence-electron chi connectivity index (χ3n) is 8.84. The smallest absolute Gasteiger partial charge is 0.462 e. The number of esters is 2. The average Bonchev–Trinajstić information content (AvgIpc) is 3.25. The van der Waals surface area contributed by atoms with E-state index in [0.29, 0.717) is 12.8 Å². The molecule has 2 atom stereocenters. The van der Waals surface area contributed by atoms with E-state index in [1.165, 1.54) is 0 Å². The maximum absolute atomic E-state index is 12.6. The van der Waals surface area contributed by atoms with Crippen molar-refractivity contribution in [2.24, 2.45) is 5.73 Å². The predicted octanol–water partition coefficient (Wildman–Crippen LogP) is 13.7. The van der Waals surface area contributed by atoms with Crippen LogP contribution in [0.3, 0.4) is 0 Å². The molecule has 0 radical (unpaired) electrons. The Hall–Kier alpha value is -3.59. The molecule has 0 rings (SSSR count). The Kier molecular flexibility index (Phi) is 43.2. The number of allylic oxidation sites excluding steroid dienone is 20. The van der Waals surface area contributed by atoms with E-state index in [4.69, 9.17) is 24.3 Å². The Labute approximate surface area is 371 Å². The number of nitrogens with two attached hydrogens (primary N) is 1. The van der Waals surface area contributed by atoms with Crippen LogP contribution in [0, 0.1) is 0 Å². The molecule has 61 heavy (non-hydrogen) atoms. The van der Waals surface area contributed by atoms with Crippen LogP contribution in [0.25, 0.3) is 0 Å². The molecule has 0 spiro atoms. The molecule has 2 unspecified atom stereocenters. The second kappa shape index (κ2) is 45.9. The summed E-state index contributed by atoms with van der Waals surface area (Å²) in [5, 5.41) is 0. The summed E-state index contributed by atoms with van der Waals surface area (Å²) < 4.78 is 32.8. The Morgan fingerprint density at radius 3 is 1.30 bits per heavy atom. The summed E-state index contributed by atoms with van der Waals surface area (Å²) in [6.45, 7) is 3.41. The number of unbranched alkanes of at least 4 members (excludes halogenated alkanes) is 8. The lowest BCUT2D eigenvalue weighted by molar-refractivity contribution is -0.161. The van der Waals surface area contributed by atoms with Crippen molar-refractivity contribution < 1.29 is 37.6 Å². The lowest BCUT2D eigenvalue weighted by Crippen LogP contribution is -2.29. The minimum absolute atomic E-state index is 0.0362. The first-order valence-electron chi connectivity index (χ1n) is 23.0. The molecule has 344 valence electrons. The second-order valence-corrected chi connectivity index (χ2v) is 16.0. The monoisotopic (exact) mass is 868 g/mol. The molecule has 0 bridgehead atoms. The molecule has 0 saturated carbocycles. The largest absolute Gasteiger partial charge is 0.472 e. The van der Waals surface area contributed by atoms with E-state index in [1.807, 2.05) is 0 Å². The normalized spacial score (nSPS) is 14.4. The van der Waals surface area contributed by atoms with E-state index < -0.39 is 32.5 Å². The fourth-order valence-corrected chi connectivity index (χ4v) is 6.27. The summed E-state index contributed by atoms with van der Waals surface area (Å²) in [6, 6.07) is 0. The molecular weight excluding hydrogens is 786 g/mol. The van der Waals surface area contributed by atoms with Gasteiger partial charge in [-0.1, -0.05) is 161 Å². The second-order valence-electron chi connectivity index (χ2n) is 14.5. The zero-order chi connectivity index (χ0) is 44.6. The zero-order valence-electron chi connectivity index (χ0n) is 37.8. The van der Waals surface area contributed by atoms with Crippen LogP contribution in [0.15, 0.2) is 122 Å². The lowest BCUT2D eigenvalue weighted by Gasteiger charge is -2.19. The number of phosphoric acid groups is 1. The minimum Gasteiger partial charge on any atom is -0.462 e. The van der Waals surface area contributed by atoms with E-state index in [1.54, 1.807) is 0 Å². The molecule has 0 aliphatic rings. The third kappa shape index (κ3) is 45.8. The highest BCUT2D eigenvalue weighted by atomic mass is 31.2. The van der Waals surface area contributed by atoms with Gasteiger partial charge in [0.2, 0.25) is 0 Å². The molecule has 0 aliphatic carbocycles. The van der Waals surface area contributed by atoms with E-state index in [9.17, 15) is 19.0 Å². The molecule has 3 N–H and O–H groups in total. The number of hydrogen-bond acceptors (Lipinski definition) is 8. The van der Waals surface area contributed by atoms with E-state index in [-0.39, 0.29) is 32.6 Å². The molecule has 0 saturated heterocycles. The third-order valence-corrected chi connectivity index (χ3v) is 9.83. The summed E-state index contributed by atoms with van der Waals surface area (Å²) in [5.41, 5.74) is 5.35. The van der Waals surface area contributed by atoms with Gasteiger partial charge in [0, 0.05) is 19.4 Å². The first kappa shape index (κ1) is 57.4. The molecule has 10 heteroatoms. The Morgan fingerprint density at radius 1 is 0.492 bits per heavy atom. The molecule has 9 nitrogen and oxygen atoms in total. The van der Waals surface area contributed by atoms with Gasteiger partial charge in [0.1, 0.15) is 6.61 Å². The average molecular weight is 868 g/mol. The van der Waals surface area contributed by atoms with Crippen LogP contribution in [-0.2, 0) is 32.7 Å². The highest BCUT2D eigenvalue weighted by molar-refractivity contribution is 7.47. The first-order valence-corrected chi connectivity index (χ1v) is 24.5. The van der Waals surface area contributed by atoms with Crippen LogP contribution in [0.1, 0.15) is 155 Å². The molecule has 0 aromatic heterocycles. The number of hydrogen-bond donors (Lipinski definition) is 2. The van der Waals surface area contributed by atoms with Crippen molar-refractivity contribution in [1.29, 1.82) is 0 Å². The highest BCUT2D eigenvalue weighted by Crippen LogP contribution is 2.43. The molecule has 0 heterocycles. The van der Waals surface area contributed by atoms with Crippen molar-refractivity contribution >= 4 is 19.8 Å². The number of phosphoric ester groups is 1. The van der Waals surface area contributed by atoms with E-state index in [2.05, 4.69) is 135 Å². The molecular formula is C51H82NO8P. The quantitative estimate of drug-likeness (QED) is 0.0266. The van der Waals surface area contributed by atoms with Crippen molar-refractivity contribution in [3.05, 3.63) is 122 Å². The standard InChI is InChI=1S/C51H82NO8P/c1-3-5-7-9-11-13-15-17-19-21-23-24-26-28-30-32-34-36-38-40-42-44-51(54)60-49(48-59-61(55,56)58-46-45-52)47-57-50(53)43-41-39-37-35-33-31-29-27-25-22-20-18-16-14-12-10-8-6-4-2/h5-8,11-14,17-20,23-25,27-28,30,34,36,49H,3-4,9-10,15-16,21-22,26,29,31-33,35,37-48,52H2,1-2H3,(H,55,56)/b7-5-,8-6-,13-11-,14-12-,19-17-,20-18-,24-23-,27-25-,30-28-,36-34-. The van der Waals surface area contributed by atoms with Crippen LogP contribution in [0.5, 0.6) is 0 Å². The van der Waals surface area contributed by atoms with Gasteiger partial charge < -0.3 is 20.1 Å². The summed E-state index contributed by atoms with van der Waals surface area (Å²) in [4.78, 5) is 35.0. The van der Waals surface area contributed by atoms with Gasteiger partial charge in [-0.2, -0.15) is 0 Å². The Balaban J connectivity index is 4.27. The summed E-state index contributed by atoms with van der Waals surface area (Å²) >= 11 is 0. The van der Waals surface area contributed by atoms with Gasteiger partial charge in [-0.25, -0.2) is 4.57 Å². The number of ether oxygens (including phenoxy) is 2. The van der Waals surface area contributed by atoms with Gasteiger partial charge >= 0.3 is 19.8 Å². The topological polar surface area (TPSA) is 134 Å². The van der Waals surface area contributed by atoms with Crippen molar-refractivity contribution in [3.8, 4) is 0 Å². The van der Waals surface area contributed by atoms with Crippen molar-refractivity contribution in [1.82, 2.24) is 0 Å². The maximum Gasteiger partial charge on any atom is 0.472 e. The van der Waals surface area contributed by atoms with Gasteiger partial charge in [0.15, 0.2) is 6.10 Å². The molecule has 0 amide bonds. The molecule has 0 aromatic rings. The fourth-order valence-electron chi connectivity index (χ4n) is 5.51. The van der Waals surface area contributed by atoms with Gasteiger partial charge in [-0.15, -0.1) is 0 Å². The maximum atomic E-state index is 12.6. The first-order chi connectivity index (χ1) is 29.8. The lowest BCUT2D eigenvalue weighted by atomic mass is 10.1. The van der Waals surface area contributed by atoms with Gasteiger partial charge in [0.05, 0.1) is 13.2 Å². The summed E-state index contributed by atoms with van der Waals surface area (Å²) in [5.74, 6) is -0.909. The van der Waals surface area contributed by atoms with E-state index in [0.717, 1.165) is 116 Å². The van der Waals surface area contributed by atoms with Crippen molar-refractivity contribution in [2.45, 2.75) is 161 Å². The highest BCUT2D eigenvalue weighted by Gasteiger charge is 2.26. The van der Waals surface area contributed by atoms with Gasteiger partial charge in [-0.05, 0) is 103 Å². The van der Waals surface area contributed by atoms with Crippen LogP contribution in [0.4, 0.5) is 0 Å². The summed E-state index contributed by atoms with van der Waals surface area (Å²) in [7, 11) is -4.41. The SMILES string of the molecule is CC/C=C\C/C=C\C/C=C\C/C=C\C/C=C\C/C=C\CCCCC(=O)OC(COC(=O)CCCCCCCC/C=C\C/C=C\C/C=C\C/C=C\CC)COP(=O)(O)OCCN. The molecule has 0 aliphatic heterocycles. The minimum atomic E-state index is -4.41. The Bertz CT molecular complexity index is 1400. The van der Waals surface area contributed by atoms with Crippen molar-refractivity contribution in [2.75, 3.05) is 26.4 Å². The molecule has 0 fully saturated rings. The van der Waals surface area contributed by atoms with Crippen LogP contribution in [0.2, 0.25) is 0 Å². The Morgan fingerprint density at radius 2 is 0.852 bits per heavy atom. The van der Waals surface area contributed by atoms with Crippen LogP contribution in [-0.4, -0.2) is 49.3 Å². The predicted molar refractivity (Wildman–Crippen MR) is 256 cm³/mol. The van der Waals surface area contributed by atoms with Crippen molar-refractivity contribution in [3.63, 3.8) is 0 Å². The fraction of sp³-hybridized carbons (Fsp3) is 0.569. The molecule has 0 aromatic carbocycles.